The van der Waals surface area contributed by atoms with E-state index in [1.54, 1.807) is 0 Å². The first kappa shape index (κ1) is 14.6. The highest BCUT2D eigenvalue weighted by Crippen LogP contribution is 2.37. The lowest BCUT2D eigenvalue weighted by molar-refractivity contribution is 0.0543. The molecule has 2 atom stereocenters. The molecule has 2 fully saturated rings. The highest BCUT2D eigenvalue weighted by atomic mass is 16.7. The lowest BCUT2D eigenvalue weighted by Crippen LogP contribution is -2.44. The van der Waals surface area contributed by atoms with Gasteiger partial charge in [-0.05, 0) is 44.2 Å². The molecule has 1 aromatic rings. The van der Waals surface area contributed by atoms with Gasteiger partial charge in [0.05, 0.1) is 12.1 Å². The number of amides is 2. The molecule has 0 bridgehead atoms. The van der Waals surface area contributed by atoms with Gasteiger partial charge >= 0.3 is 6.03 Å². The molecule has 6 heteroatoms. The first-order valence-corrected chi connectivity index (χ1v) is 8.32. The maximum absolute atomic E-state index is 12.7. The van der Waals surface area contributed by atoms with E-state index >= 15 is 0 Å². The number of carbonyl (C=O) groups excluding carboxylic acids is 1. The number of rotatable bonds is 2. The van der Waals surface area contributed by atoms with Crippen LogP contribution in [0.5, 0.6) is 11.5 Å². The Balaban J connectivity index is 1.49. The molecule has 0 unspecified atom stereocenters. The van der Waals surface area contributed by atoms with E-state index in [0.29, 0.717) is 5.75 Å². The molecule has 4 rings (SSSR count). The second-order valence-corrected chi connectivity index (χ2v) is 6.40. The van der Waals surface area contributed by atoms with Gasteiger partial charge in [0, 0.05) is 24.9 Å². The van der Waals surface area contributed by atoms with Crippen molar-refractivity contribution in [2.45, 2.75) is 44.8 Å². The zero-order valence-electron chi connectivity index (χ0n) is 13.3. The van der Waals surface area contributed by atoms with Crippen LogP contribution in [0.2, 0.25) is 0 Å². The molecule has 6 nitrogen and oxygen atoms in total. The van der Waals surface area contributed by atoms with Crippen LogP contribution in [0.15, 0.2) is 12.1 Å². The molecule has 0 saturated carbocycles. The van der Waals surface area contributed by atoms with Gasteiger partial charge in [0.25, 0.3) is 0 Å². The van der Waals surface area contributed by atoms with E-state index in [2.05, 4.69) is 5.32 Å². The Labute approximate surface area is 135 Å². The van der Waals surface area contributed by atoms with E-state index in [-0.39, 0.29) is 25.0 Å². The largest absolute Gasteiger partial charge is 0.454 e. The van der Waals surface area contributed by atoms with Gasteiger partial charge in [-0.3, -0.25) is 0 Å². The van der Waals surface area contributed by atoms with Gasteiger partial charge in [0.1, 0.15) is 0 Å². The van der Waals surface area contributed by atoms with Crippen LogP contribution in [0.4, 0.5) is 10.5 Å². The number of anilines is 1. The molecule has 0 spiro atoms. The van der Waals surface area contributed by atoms with E-state index < -0.39 is 0 Å². The summed E-state index contributed by atoms with van der Waals surface area (Å²) in [5.74, 6) is 1.42. The minimum absolute atomic E-state index is 0.0510. The smallest absolute Gasteiger partial charge is 0.322 e. The van der Waals surface area contributed by atoms with Crippen LogP contribution in [0.1, 0.15) is 31.2 Å². The number of fused-ring (bicyclic) bond motifs is 1. The Morgan fingerprint density at radius 3 is 2.83 bits per heavy atom. The molecule has 3 heterocycles. The quantitative estimate of drug-likeness (QED) is 0.911. The molecular weight excluding hydrogens is 296 g/mol. The van der Waals surface area contributed by atoms with Crippen LogP contribution in [0.3, 0.4) is 0 Å². The normalized spacial score (nSPS) is 25.9. The fourth-order valence-electron chi connectivity index (χ4n) is 3.70. The summed E-state index contributed by atoms with van der Waals surface area (Å²) >= 11 is 0. The third kappa shape index (κ3) is 2.72. The molecule has 1 N–H and O–H groups in total. The van der Waals surface area contributed by atoms with Crippen molar-refractivity contribution in [3.63, 3.8) is 0 Å². The van der Waals surface area contributed by atoms with Gasteiger partial charge in [-0.1, -0.05) is 0 Å². The fourth-order valence-corrected chi connectivity index (χ4v) is 3.70. The van der Waals surface area contributed by atoms with Gasteiger partial charge < -0.3 is 24.4 Å². The number of nitrogens with one attached hydrogen (secondary N) is 1. The van der Waals surface area contributed by atoms with Crippen LogP contribution < -0.4 is 14.8 Å². The van der Waals surface area contributed by atoms with Crippen molar-refractivity contribution >= 4 is 11.7 Å². The SMILES string of the molecule is Cc1cc2c(cc1NC(=O)N1CCC[C@H]1[C@H]1CCCO1)OCO2. The first-order chi connectivity index (χ1) is 11.2. The number of carbonyl (C=O) groups is 1. The van der Waals surface area contributed by atoms with Gasteiger partial charge in [0.15, 0.2) is 11.5 Å². The minimum atomic E-state index is -0.0510. The van der Waals surface area contributed by atoms with E-state index in [1.807, 2.05) is 24.0 Å². The number of ether oxygens (including phenoxy) is 3. The topological polar surface area (TPSA) is 60.0 Å². The van der Waals surface area contributed by atoms with Crippen LogP contribution in [0.25, 0.3) is 0 Å². The molecule has 124 valence electrons. The maximum Gasteiger partial charge on any atom is 0.322 e. The molecule has 23 heavy (non-hydrogen) atoms. The zero-order chi connectivity index (χ0) is 15.8. The third-order valence-electron chi connectivity index (χ3n) is 4.92. The summed E-state index contributed by atoms with van der Waals surface area (Å²) in [6, 6.07) is 3.89. The van der Waals surface area contributed by atoms with Gasteiger partial charge in [-0.15, -0.1) is 0 Å². The third-order valence-corrected chi connectivity index (χ3v) is 4.92. The number of benzene rings is 1. The molecular formula is C17H22N2O4. The lowest BCUT2D eigenvalue weighted by atomic mass is 10.1. The van der Waals surface area contributed by atoms with Crippen molar-refractivity contribution in [3.8, 4) is 11.5 Å². The molecule has 3 aliphatic rings. The summed E-state index contributed by atoms with van der Waals surface area (Å²) < 4.78 is 16.6. The van der Waals surface area contributed by atoms with Crippen molar-refractivity contribution in [2.75, 3.05) is 25.3 Å². The van der Waals surface area contributed by atoms with Gasteiger partial charge in [-0.2, -0.15) is 0 Å². The Bertz CT molecular complexity index is 613. The zero-order valence-corrected chi connectivity index (χ0v) is 13.3. The number of hydrogen-bond acceptors (Lipinski definition) is 4. The Kier molecular flexibility index (Phi) is 3.77. The highest BCUT2D eigenvalue weighted by Gasteiger charge is 2.37. The Morgan fingerprint density at radius 1 is 1.22 bits per heavy atom. The monoisotopic (exact) mass is 318 g/mol. The van der Waals surface area contributed by atoms with Crippen LogP contribution in [-0.4, -0.2) is 43.0 Å². The van der Waals surface area contributed by atoms with E-state index in [4.69, 9.17) is 14.2 Å². The van der Waals surface area contributed by atoms with Crippen molar-refractivity contribution in [1.29, 1.82) is 0 Å². The minimum Gasteiger partial charge on any atom is -0.454 e. The summed E-state index contributed by atoms with van der Waals surface area (Å²) in [6.07, 6.45) is 4.41. The van der Waals surface area contributed by atoms with E-state index in [1.165, 1.54) is 0 Å². The average molecular weight is 318 g/mol. The Morgan fingerprint density at radius 2 is 2.04 bits per heavy atom. The second-order valence-electron chi connectivity index (χ2n) is 6.40. The number of aryl methyl sites for hydroxylation is 1. The lowest BCUT2D eigenvalue weighted by Gasteiger charge is -2.29. The van der Waals surface area contributed by atoms with Gasteiger partial charge in [-0.25, -0.2) is 4.79 Å². The molecule has 0 aromatic heterocycles. The second kappa shape index (κ2) is 5.92. The van der Waals surface area contributed by atoms with E-state index in [9.17, 15) is 4.79 Å². The number of nitrogens with zero attached hydrogens (tertiary/aromatic N) is 1. The van der Waals surface area contributed by atoms with Crippen molar-refractivity contribution in [2.24, 2.45) is 0 Å². The predicted molar refractivity (Wildman–Crippen MR) is 85.0 cm³/mol. The number of hydrogen-bond donors (Lipinski definition) is 1. The summed E-state index contributed by atoms with van der Waals surface area (Å²) in [7, 11) is 0. The number of likely N-dealkylation sites (tertiary alicyclic amines) is 1. The summed E-state index contributed by atoms with van der Waals surface area (Å²) in [5, 5.41) is 3.03. The number of urea groups is 1. The predicted octanol–water partition coefficient (Wildman–Crippen LogP) is 2.90. The standard InChI is InChI=1S/C17H22N2O4/c1-11-8-15-16(23-10-22-15)9-12(11)18-17(20)19-6-2-4-13(19)14-5-3-7-21-14/h8-9,13-14H,2-7,10H2,1H3,(H,18,20)/t13-,14+/m0/s1. The molecule has 2 amide bonds. The molecule has 2 saturated heterocycles. The summed E-state index contributed by atoms with van der Waals surface area (Å²) in [6.45, 7) is 3.80. The summed E-state index contributed by atoms with van der Waals surface area (Å²) in [4.78, 5) is 14.7. The van der Waals surface area contributed by atoms with Crippen molar-refractivity contribution < 1.29 is 19.0 Å². The van der Waals surface area contributed by atoms with E-state index in [0.717, 1.165) is 55.8 Å². The average Bonchev–Trinajstić information content (AvgIpc) is 3.27. The molecule has 0 aliphatic carbocycles. The molecule has 1 aromatic carbocycles. The summed E-state index contributed by atoms with van der Waals surface area (Å²) in [5.41, 5.74) is 1.74. The fraction of sp³-hybridized carbons (Fsp3) is 0.588. The Hall–Kier alpha value is -1.95. The van der Waals surface area contributed by atoms with Crippen molar-refractivity contribution in [3.05, 3.63) is 17.7 Å². The maximum atomic E-state index is 12.7. The molecule has 3 aliphatic heterocycles. The van der Waals surface area contributed by atoms with Crippen LogP contribution in [0, 0.1) is 6.92 Å². The highest BCUT2D eigenvalue weighted by molar-refractivity contribution is 5.91. The first-order valence-electron chi connectivity index (χ1n) is 8.32. The van der Waals surface area contributed by atoms with Crippen LogP contribution in [-0.2, 0) is 4.74 Å². The van der Waals surface area contributed by atoms with Crippen molar-refractivity contribution in [1.82, 2.24) is 4.90 Å². The molecule has 0 radical (unpaired) electrons. The van der Waals surface area contributed by atoms with Gasteiger partial charge in [0.2, 0.25) is 6.79 Å². The van der Waals surface area contributed by atoms with Crippen LogP contribution >= 0.6 is 0 Å².